The summed E-state index contributed by atoms with van der Waals surface area (Å²) in [6, 6.07) is 15.0. The average molecular weight is 732 g/mol. The molecule has 54 heavy (non-hydrogen) atoms. The van der Waals surface area contributed by atoms with Crippen molar-refractivity contribution in [3.63, 3.8) is 0 Å². The number of likely N-dealkylation sites (tertiary alicyclic amines) is 2. The molecule has 8 rings (SSSR count). The van der Waals surface area contributed by atoms with Gasteiger partial charge in [0.05, 0.1) is 5.92 Å². The van der Waals surface area contributed by atoms with Gasteiger partial charge >= 0.3 is 0 Å². The van der Waals surface area contributed by atoms with E-state index in [-0.39, 0.29) is 29.7 Å². The van der Waals surface area contributed by atoms with E-state index in [1.807, 2.05) is 18.3 Å². The van der Waals surface area contributed by atoms with Crippen LogP contribution in [0.1, 0.15) is 115 Å². The number of rotatable bonds is 10. The summed E-state index contributed by atoms with van der Waals surface area (Å²) in [6.45, 7) is 6.66. The number of fused-ring (bicyclic) bond motifs is 1. The Morgan fingerprint density at radius 3 is 2.04 bits per heavy atom. The van der Waals surface area contributed by atoms with Gasteiger partial charge in [-0.05, 0) is 112 Å². The van der Waals surface area contributed by atoms with E-state index in [4.69, 9.17) is 9.97 Å². The van der Waals surface area contributed by atoms with E-state index in [2.05, 4.69) is 60.3 Å². The minimum absolute atomic E-state index is 0.0107. The Morgan fingerprint density at radius 2 is 1.43 bits per heavy atom. The number of carbonyl (C=O) groups is 3. The first kappa shape index (κ1) is 36.3. The molecule has 12 heteroatoms. The largest absolute Gasteiger partial charge is 0.343 e. The maximum absolute atomic E-state index is 13.1. The van der Waals surface area contributed by atoms with Crippen LogP contribution in [0.4, 0.5) is 11.8 Å². The average Bonchev–Trinajstić information content (AvgIpc) is 3.86. The normalized spacial score (nSPS) is 21.1. The number of piperidine rings is 3. The monoisotopic (exact) mass is 731 g/mol. The van der Waals surface area contributed by atoms with Gasteiger partial charge in [0, 0.05) is 57.4 Å². The maximum Gasteiger partial charge on any atom is 0.270 e. The van der Waals surface area contributed by atoms with Crippen LogP contribution in [0.15, 0.2) is 54.9 Å². The summed E-state index contributed by atoms with van der Waals surface area (Å²) >= 11 is 0. The number of anilines is 2. The van der Waals surface area contributed by atoms with Crippen LogP contribution in [0.25, 0.3) is 11.0 Å². The topological polar surface area (TPSA) is 129 Å². The fourth-order valence-corrected chi connectivity index (χ4v) is 9.10. The molecule has 0 bridgehead atoms. The van der Waals surface area contributed by atoms with Crippen molar-refractivity contribution in [1.82, 2.24) is 39.5 Å². The molecule has 0 spiro atoms. The first-order valence-corrected chi connectivity index (χ1v) is 20.0. The highest BCUT2D eigenvalue weighted by atomic mass is 16.2. The Bertz CT molecular complexity index is 1950. The smallest absolute Gasteiger partial charge is 0.270 e. The second-order valence-corrected chi connectivity index (χ2v) is 16.0. The van der Waals surface area contributed by atoms with E-state index in [0.717, 1.165) is 94.4 Å². The molecule has 3 amide bonds. The van der Waals surface area contributed by atoms with Crippen LogP contribution in [0.3, 0.4) is 0 Å². The SMILES string of the molecule is CN(C)C(=O)c1cc2cnc(Nc3ccc(C4CCN(CCN5CCC(c6ccc(C7CCC(=O)NC7=O)cc6)CC5)CC4)cn3)nc2n1C1CCCC1. The molecule has 1 aromatic carbocycles. The van der Waals surface area contributed by atoms with Gasteiger partial charge < -0.3 is 24.6 Å². The molecule has 1 atom stereocenters. The van der Waals surface area contributed by atoms with E-state index in [9.17, 15) is 14.4 Å². The lowest BCUT2D eigenvalue weighted by Gasteiger charge is -2.36. The third-order valence-electron chi connectivity index (χ3n) is 12.3. The van der Waals surface area contributed by atoms with E-state index in [0.29, 0.717) is 42.1 Å². The highest BCUT2D eigenvalue weighted by Gasteiger charge is 2.30. The number of carbonyl (C=O) groups excluding carboxylic acids is 3. The maximum atomic E-state index is 13.1. The van der Waals surface area contributed by atoms with Crippen molar-refractivity contribution in [3.8, 4) is 0 Å². The number of nitrogens with one attached hydrogen (secondary N) is 2. The fourth-order valence-electron chi connectivity index (χ4n) is 9.10. The Hall–Kier alpha value is -4.68. The molecule has 2 N–H and O–H groups in total. The number of aromatic nitrogens is 4. The van der Waals surface area contributed by atoms with Crippen molar-refractivity contribution in [2.45, 2.75) is 88.0 Å². The summed E-state index contributed by atoms with van der Waals surface area (Å²) in [5.74, 6) is 1.71. The number of hydrogen-bond donors (Lipinski definition) is 2. The van der Waals surface area contributed by atoms with Gasteiger partial charge in [0.1, 0.15) is 17.2 Å². The molecule has 1 saturated carbocycles. The molecular weight excluding hydrogens is 679 g/mol. The predicted octanol–water partition coefficient (Wildman–Crippen LogP) is 5.97. The van der Waals surface area contributed by atoms with Gasteiger partial charge in [-0.2, -0.15) is 4.98 Å². The van der Waals surface area contributed by atoms with Crippen LogP contribution >= 0.6 is 0 Å². The van der Waals surface area contributed by atoms with Crippen molar-refractivity contribution in [2.75, 3.05) is 58.7 Å². The molecule has 12 nitrogen and oxygen atoms in total. The number of hydrogen-bond acceptors (Lipinski definition) is 9. The predicted molar refractivity (Wildman–Crippen MR) is 209 cm³/mol. The van der Waals surface area contributed by atoms with Crippen LogP contribution in [0, 0.1) is 0 Å². The lowest BCUT2D eigenvalue weighted by Crippen LogP contribution is -2.41. The first-order chi connectivity index (χ1) is 26.3. The molecule has 6 heterocycles. The first-order valence-electron chi connectivity index (χ1n) is 20.0. The molecule has 0 radical (unpaired) electrons. The van der Waals surface area contributed by atoms with Crippen LogP contribution in [-0.4, -0.2) is 105 Å². The van der Waals surface area contributed by atoms with Crippen LogP contribution < -0.4 is 10.6 Å². The second-order valence-electron chi connectivity index (χ2n) is 16.0. The summed E-state index contributed by atoms with van der Waals surface area (Å²) in [5, 5.41) is 6.67. The Balaban J connectivity index is 0.792. The molecule has 284 valence electrons. The quantitative estimate of drug-likeness (QED) is 0.190. The van der Waals surface area contributed by atoms with Gasteiger partial charge in [-0.25, -0.2) is 9.97 Å². The number of benzene rings is 1. The molecule has 3 aliphatic heterocycles. The highest BCUT2D eigenvalue weighted by Crippen LogP contribution is 2.36. The summed E-state index contributed by atoms with van der Waals surface area (Å²) in [4.78, 5) is 57.9. The molecule has 4 aliphatic rings. The van der Waals surface area contributed by atoms with E-state index in [1.165, 1.54) is 24.0 Å². The van der Waals surface area contributed by atoms with Gasteiger partial charge in [0.15, 0.2) is 0 Å². The highest BCUT2D eigenvalue weighted by molar-refractivity contribution is 6.01. The minimum Gasteiger partial charge on any atom is -0.343 e. The van der Waals surface area contributed by atoms with Gasteiger partial charge in [-0.15, -0.1) is 0 Å². The second kappa shape index (κ2) is 16.0. The van der Waals surface area contributed by atoms with Gasteiger partial charge in [-0.1, -0.05) is 43.2 Å². The summed E-state index contributed by atoms with van der Waals surface area (Å²) in [7, 11) is 3.58. The molecule has 3 saturated heterocycles. The van der Waals surface area contributed by atoms with Crippen LogP contribution in [0.2, 0.25) is 0 Å². The molecule has 3 aromatic heterocycles. The summed E-state index contributed by atoms with van der Waals surface area (Å²) in [5.41, 5.74) is 5.13. The standard InChI is InChI=1S/C42H53N9O3/c1-48(2)41(54)36-25-33-27-44-42(47-39(33)51(36)34-5-3-4-6-34)45-37-13-11-32(26-43-37)30-17-21-50(22-18-30)24-23-49-19-15-29(16-20-49)28-7-9-31(10-8-28)35-12-14-38(52)46-40(35)53/h7-11,13,25-27,29-30,34-35H,3-6,12,14-24H2,1-2H3,(H,46,52,53)(H,43,44,45,47). The Labute approximate surface area is 317 Å². The number of amides is 3. The Morgan fingerprint density at radius 1 is 0.796 bits per heavy atom. The van der Waals surface area contributed by atoms with E-state index in [1.54, 1.807) is 25.2 Å². The van der Waals surface area contributed by atoms with Crippen molar-refractivity contribution in [3.05, 3.63) is 77.2 Å². The van der Waals surface area contributed by atoms with E-state index < -0.39 is 0 Å². The lowest BCUT2D eigenvalue weighted by atomic mass is 9.86. The number of nitrogens with zero attached hydrogens (tertiary/aromatic N) is 7. The summed E-state index contributed by atoms with van der Waals surface area (Å²) < 4.78 is 2.14. The zero-order chi connectivity index (χ0) is 37.2. The third-order valence-corrected chi connectivity index (χ3v) is 12.3. The molecular formula is C42H53N9O3. The van der Waals surface area contributed by atoms with Gasteiger partial charge in [-0.3, -0.25) is 19.7 Å². The van der Waals surface area contributed by atoms with E-state index >= 15 is 0 Å². The van der Waals surface area contributed by atoms with Crippen LogP contribution in [-0.2, 0) is 9.59 Å². The molecule has 1 unspecified atom stereocenters. The molecule has 4 aromatic rings. The van der Waals surface area contributed by atoms with Crippen molar-refractivity contribution < 1.29 is 14.4 Å². The van der Waals surface area contributed by atoms with Crippen molar-refractivity contribution >= 4 is 40.5 Å². The number of pyridine rings is 1. The zero-order valence-electron chi connectivity index (χ0n) is 31.7. The minimum atomic E-state index is -0.218. The fraction of sp³-hybridized carbons (Fsp3) is 0.524. The molecule has 1 aliphatic carbocycles. The number of imide groups is 1. The Kier molecular flexibility index (Phi) is 10.7. The lowest BCUT2D eigenvalue weighted by molar-refractivity contribution is -0.134. The van der Waals surface area contributed by atoms with Crippen molar-refractivity contribution in [1.29, 1.82) is 0 Å². The molecule has 4 fully saturated rings. The van der Waals surface area contributed by atoms with Gasteiger partial charge in [0.2, 0.25) is 17.8 Å². The van der Waals surface area contributed by atoms with Crippen LogP contribution in [0.5, 0.6) is 0 Å². The van der Waals surface area contributed by atoms with Crippen molar-refractivity contribution in [2.24, 2.45) is 0 Å². The van der Waals surface area contributed by atoms with Gasteiger partial charge in [0.25, 0.3) is 5.91 Å². The zero-order valence-corrected chi connectivity index (χ0v) is 31.7. The third kappa shape index (κ3) is 7.91. The summed E-state index contributed by atoms with van der Waals surface area (Å²) in [6.07, 6.45) is 13.8.